The molecule has 1 aromatic carbocycles. The summed E-state index contributed by atoms with van der Waals surface area (Å²) in [6.45, 7) is 4.43. The Balaban J connectivity index is 1.89. The second-order valence-corrected chi connectivity index (χ2v) is 13.5. The minimum atomic E-state index is -1.65. The van der Waals surface area contributed by atoms with Crippen LogP contribution in [0.4, 0.5) is 19.0 Å². The molecule has 3 aromatic rings. The van der Waals surface area contributed by atoms with Crippen LogP contribution in [-0.2, 0) is 0 Å². The van der Waals surface area contributed by atoms with Gasteiger partial charge < -0.3 is 5.32 Å². The first-order chi connectivity index (χ1) is 13.8. The highest BCUT2D eigenvalue weighted by Crippen LogP contribution is 2.39. The van der Waals surface area contributed by atoms with E-state index < -0.39 is 31.1 Å². The molecule has 1 atom stereocenters. The minimum absolute atomic E-state index is 0.0138. The van der Waals surface area contributed by atoms with Gasteiger partial charge in [-0.25, -0.2) is 13.2 Å². The highest BCUT2D eigenvalue weighted by molar-refractivity contribution is 6.80. The van der Waals surface area contributed by atoms with Crippen molar-refractivity contribution in [3.63, 3.8) is 0 Å². The Labute approximate surface area is 172 Å². The summed E-state index contributed by atoms with van der Waals surface area (Å²) in [5.41, 5.74) is -0.328. The average Bonchev–Trinajstić information content (AvgIpc) is 3.11. The maximum Gasteiger partial charge on any atom is 0.255 e. The van der Waals surface area contributed by atoms with E-state index in [2.05, 4.69) is 33.9 Å². The quantitative estimate of drug-likeness (QED) is 0.433. The summed E-state index contributed by atoms with van der Waals surface area (Å²) in [6, 6.07) is 3.61. The molecule has 3 heterocycles. The predicted octanol–water partition coefficient (Wildman–Crippen LogP) is 5.46. The standard InChI is InChI=1S/C19H21ClF3N5Si/c1-11(29(2)6-4-3-5-7-29)26-18-16(15-13(22)8-12(21)9-14(15)23)17(20)27-19-24-10-25-28(18)19/h8-11,26H,3-7H2,1-2H3. The lowest BCUT2D eigenvalue weighted by atomic mass is 10.1. The lowest BCUT2D eigenvalue weighted by Gasteiger charge is -2.38. The zero-order valence-electron chi connectivity index (χ0n) is 16.1. The van der Waals surface area contributed by atoms with E-state index in [1.165, 1.54) is 42.2 Å². The van der Waals surface area contributed by atoms with Gasteiger partial charge in [0.15, 0.2) is 0 Å². The first kappa shape index (κ1) is 20.2. The smallest absolute Gasteiger partial charge is 0.255 e. The number of nitrogens with one attached hydrogen (secondary N) is 1. The van der Waals surface area contributed by atoms with Crippen molar-refractivity contribution in [1.82, 2.24) is 19.6 Å². The molecule has 0 radical (unpaired) electrons. The van der Waals surface area contributed by atoms with Gasteiger partial charge >= 0.3 is 0 Å². The highest BCUT2D eigenvalue weighted by Gasteiger charge is 2.36. The van der Waals surface area contributed by atoms with Crippen molar-refractivity contribution in [3.05, 3.63) is 41.1 Å². The number of nitrogens with zero attached hydrogens (tertiary/aromatic N) is 4. The molecule has 0 saturated carbocycles. The number of halogens is 4. The van der Waals surface area contributed by atoms with Gasteiger partial charge in [-0.05, 0) is 6.92 Å². The molecule has 4 rings (SSSR count). The summed E-state index contributed by atoms with van der Waals surface area (Å²) >= 11 is 6.34. The third-order valence-corrected chi connectivity index (χ3v) is 11.5. The van der Waals surface area contributed by atoms with Crippen LogP contribution in [0.3, 0.4) is 0 Å². The van der Waals surface area contributed by atoms with Gasteiger partial charge in [0.1, 0.15) is 34.7 Å². The summed E-state index contributed by atoms with van der Waals surface area (Å²) in [4.78, 5) is 8.16. The van der Waals surface area contributed by atoms with E-state index in [4.69, 9.17) is 11.6 Å². The number of fused-ring (bicyclic) bond motifs is 1. The van der Waals surface area contributed by atoms with Crippen LogP contribution >= 0.6 is 11.6 Å². The van der Waals surface area contributed by atoms with Crippen LogP contribution < -0.4 is 5.32 Å². The number of rotatable bonds is 4. The number of hydrogen-bond acceptors (Lipinski definition) is 4. The van der Waals surface area contributed by atoms with Gasteiger partial charge in [0, 0.05) is 17.8 Å². The molecule has 29 heavy (non-hydrogen) atoms. The van der Waals surface area contributed by atoms with Gasteiger partial charge in [0.25, 0.3) is 5.78 Å². The second kappa shape index (κ2) is 7.60. The van der Waals surface area contributed by atoms with E-state index in [0.717, 1.165) is 0 Å². The molecule has 1 aliphatic rings. The van der Waals surface area contributed by atoms with Crippen molar-refractivity contribution in [2.45, 2.75) is 50.5 Å². The first-order valence-corrected chi connectivity index (χ1v) is 13.0. The molecule has 1 fully saturated rings. The van der Waals surface area contributed by atoms with E-state index in [1.54, 1.807) is 0 Å². The maximum atomic E-state index is 14.6. The Morgan fingerprint density at radius 3 is 2.41 bits per heavy atom. The number of benzene rings is 1. The molecular formula is C19H21ClF3N5Si. The lowest BCUT2D eigenvalue weighted by molar-refractivity contribution is 0.548. The van der Waals surface area contributed by atoms with Crippen molar-refractivity contribution in [2.75, 3.05) is 5.32 Å². The third-order valence-electron chi connectivity index (χ3n) is 6.03. The molecule has 0 amide bonds. The molecule has 1 saturated heterocycles. The molecule has 1 aliphatic heterocycles. The predicted molar refractivity (Wildman–Crippen MR) is 109 cm³/mol. The van der Waals surface area contributed by atoms with Crippen LogP contribution in [0.2, 0.25) is 23.8 Å². The SMILES string of the molecule is CC(Nc1c(-c2c(F)cc(F)cc2F)c(Cl)nc2ncnn12)[Si]1(C)CCCCC1. The summed E-state index contributed by atoms with van der Waals surface area (Å²) in [6.07, 6.45) is 4.92. The molecule has 5 nitrogen and oxygen atoms in total. The minimum Gasteiger partial charge on any atom is -0.370 e. The van der Waals surface area contributed by atoms with Crippen LogP contribution in [0, 0.1) is 17.5 Å². The maximum absolute atomic E-state index is 14.6. The van der Waals surface area contributed by atoms with Crippen molar-refractivity contribution in [1.29, 1.82) is 0 Å². The second-order valence-electron chi connectivity index (χ2n) is 7.92. The number of anilines is 1. The zero-order chi connectivity index (χ0) is 20.8. The normalized spacial score (nSPS) is 17.4. The van der Waals surface area contributed by atoms with E-state index >= 15 is 0 Å². The fraction of sp³-hybridized carbons (Fsp3) is 0.421. The van der Waals surface area contributed by atoms with Gasteiger partial charge in [-0.1, -0.05) is 49.5 Å². The van der Waals surface area contributed by atoms with E-state index in [9.17, 15) is 13.2 Å². The van der Waals surface area contributed by atoms with Gasteiger partial charge in [-0.3, -0.25) is 0 Å². The van der Waals surface area contributed by atoms with Crippen molar-refractivity contribution >= 4 is 31.3 Å². The molecule has 1 N–H and O–H groups in total. The Morgan fingerprint density at radius 1 is 1.10 bits per heavy atom. The van der Waals surface area contributed by atoms with Crippen LogP contribution in [0.25, 0.3) is 16.9 Å². The number of aromatic nitrogens is 4. The van der Waals surface area contributed by atoms with Crippen molar-refractivity contribution in [3.8, 4) is 11.1 Å². The summed E-state index contributed by atoms with van der Waals surface area (Å²) < 4.78 is 44.1. The average molecular weight is 440 g/mol. The van der Waals surface area contributed by atoms with E-state index in [0.29, 0.717) is 18.0 Å². The fourth-order valence-corrected chi connectivity index (χ4v) is 8.10. The molecule has 1 unspecified atom stereocenters. The van der Waals surface area contributed by atoms with E-state index in [-0.39, 0.29) is 22.2 Å². The molecule has 0 bridgehead atoms. The van der Waals surface area contributed by atoms with Gasteiger partial charge in [-0.15, -0.1) is 0 Å². The largest absolute Gasteiger partial charge is 0.370 e. The van der Waals surface area contributed by atoms with Crippen molar-refractivity contribution in [2.24, 2.45) is 0 Å². The Kier molecular flexibility index (Phi) is 5.28. The zero-order valence-corrected chi connectivity index (χ0v) is 17.9. The Morgan fingerprint density at radius 2 is 1.76 bits per heavy atom. The first-order valence-electron chi connectivity index (χ1n) is 9.61. The fourth-order valence-electron chi connectivity index (χ4n) is 4.12. The lowest BCUT2D eigenvalue weighted by Crippen LogP contribution is -2.48. The summed E-state index contributed by atoms with van der Waals surface area (Å²) in [5, 5.41) is 7.47. The molecule has 10 heteroatoms. The van der Waals surface area contributed by atoms with Crippen LogP contribution in [0.15, 0.2) is 18.5 Å². The van der Waals surface area contributed by atoms with Crippen LogP contribution in [0.1, 0.15) is 26.2 Å². The van der Waals surface area contributed by atoms with Gasteiger partial charge in [0.2, 0.25) is 0 Å². The Bertz CT molecular complexity index is 1040. The molecule has 154 valence electrons. The monoisotopic (exact) mass is 439 g/mol. The highest BCUT2D eigenvalue weighted by atomic mass is 35.5. The van der Waals surface area contributed by atoms with E-state index in [1.807, 2.05) is 0 Å². The van der Waals surface area contributed by atoms with Crippen molar-refractivity contribution < 1.29 is 13.2 Å². The van der Waals surface area contributed by atoms with Crippen LogP contribution in [-0.4, -0.2) is 33.3 Å². The van der Waals surface area contributed by atoms with Gasteiger partial charge in [-0.2, -0.15) is 19.6 Å². The summed E-state index contributed by atoms with van der Waals surface area (Å²) in [5.74, 6) is -2.58. The number of hydrogen-bond donors (Lipinski definition) is 1. The molecular weight excluding hydrogens is 419 g/mol. The van der Waals surface area contributed by atoms with Gasteiger partial charge in [0.05, 0.1) is 19.2 Å². The molecule has 0 spiro atoms. The topological polar surface area (TPSA) is 55.1 Å². The summed E-state index contributed by atoms with van der Waals surface area (Å²) in [7, 11) is -1.65. The molecule has 2 aromatic heterocycles. The van der Waals surface area contributed by atoms with Crippen LogP contribution in [0.5, 0.6) is 0 Å². The third kappa shape index (κ3) is 3.61. The Hall–Kier alpha value is -2.13. The molecule has 0 aliphatic carbocycles.